The zero-order valence-electron chi connectivity index (χ0n) is 20.6. The number of rotatable bonds is 6. The van der Waals surface area contributed by atoms with Crippen LogP contribution >= 0.6 is 0 Å². The number of amides is 2. The summed E-state index contributed by atoms with van der Waals surface area (Å²) >= 11 is 0. The van der Waals surface area contributed by atoms with Gasteiger partial charge in [0.05, 0.1) is 6.54 Å². The number of carboxylic acid groups (broad SMARTS) is 1. The Bertz CT molecular complexity index is 955. The Kier molecular flexibility index (Phi) is 8.38. The van der Waals surface area contributed by atoms with Crippen LogP contribution in [0.5, 0.6) is 0 Å². The number of carbonyl (C=O) groups excluding carboxylic acids is 2. The standard InChI is InChI=1S/C24H32FN3O5.CH4O/c1-15-5-16-8-23(2,33-22(32)26-11-21(30)31)14-24(7-15,9-16)27-10-20(29)28-12-17-3-4-19(25)6-18(17)13-28;1-2/h3-4,6,15-16,27H,5,7-14H2,1-2H3,(H,26,32)(H,30,31);2H,1H3. The number of hydrogen-bond donors (Lipinski definition) is 4. The molecule has 2 aliphatic carbocycles. The highest BCUT2D eigenvalue weighted by molar-refractivity contribution is 5.79. The number of benzene rings is 1. The molecule has 0 saturated heterocycles. The van der Waals surface area contributed by atoms with Crippen molar-refractivity contribution < 1.29 is 33.7 Å². The van der Waals surface area contributed by atoms with Crippen LogP contribution in [-0.4, -0.2) is 64.4 Å². The smallest absolute Gasteiger partial charge is 0.408 e. The first kappa shape index (κ1) is 26.9. The predicted molar refractivity (Wildman–Crippen MR) is 126 cm³/mol. The molecular formula is C25H36FN3O6. The maximum Gasteiger partial charge on any atom is 0.408 e. The van der Waals surface area contributed by atoms with Gasteiger partial charge in [-0.3, -0.25) is 9.59 Å². The number of halogens is 1. The Morgan fingerprint density at radius 3 is 2.57 bits per heavy atom. The fraction of sp³-hybridized carbons (Fsp3) is 0.640. The molecule has 194 valence electrons. The van der Waals surface area contributed by atoms with Crippen molar-refractivity contribution in [3.63, 3.8) is 0 Å². The summed E-state index contributed by atoms with van der Waals surface area (Å²) in [5.41, 5.74) is 0.735. The van der Waals surface area contributed by atoms with Crippen LogP contribution < -0.4 is 10.6 Å². The minimum absolute atomic E-state index is 0.0387. The van der Waals surface area contributed by atoms with Crippen molar-refractivity contribution in [1.82, 2.24) is 15.5 Å². The van der Waals surface area contributed by atoms with E-state index < -0.39 is 24.2 Å². The minimum Gasteiger partial charge on any atom is -0.480 e. The van der Waals surface area contributed by atoms with Crippen LogP contribution in [0.2, 0.25) is 0 Å². The highest BCUT2D eigenvalue weighted by atomic mass is 19.1. The van der Waals surface area contributed by atoms with Gasteiger partial charge >= 0.3 is 12.1 Å². The molecule has 10 heteroatoms. The maximum atomic E-state index is 13.5. The summed E-state index contributed by atoms with van der Waals surface area (Å²) < 4.78 is 19.2. The number of aliphatic hydroxyl groups is 1. The molecule has 9 nitrogen and oxygen atoms in total. The number of nitrogens with zero attached hydrogens (tertiary/aromatic N) is 1. The van der Waals surface area contributed by atoms with Crippen LogP contribution in [0, 0.1) is 17.7 Å². The van der Waals surface area contributed by atoms with Crippen molar-refractivity contribution in [3.8, 4) is 0 Å². The fourth-order valence-corrected chi connectivity index (χ4v) is 6.34. The van der Waals surface area contributed by atoms with Gasteiger partial charge in [-0.25, -0.2) is 9.18 Å². The number of alkyl carbamates (subject to hydrolysis) is 1. The SMILES string of the molecule is CC1CC2CC(NCC(=O)N3Cc4ccc(F)cc4C3)(C1)CC(C)(OC(=O)NCC(=O)O)C2.CO. The van der Waals surface area contributed by atoms with Gasteiger partial charge in [0.2, 0.25) is 5.91 Å². The van der Waals surface area contributed by atoms with Gasteiger partial charge in [-0.15, -0.1) is 0 Å². The van der Waals surface area contributed by atoms with Crippen molar-refractivity contribution in [3.05, 3.63) is 35.1 Å². The van der Waals surface area contributed by atoms with Crippen LogP contribution in [0.3, 0.4) is 0 Å². The van der Waals surface area contributed by atoms with Crippen LogP contribution in [0.25, 0.3) is 0 Å². The molecule has 0 aromatic heterocycles. The molecule has 2 bridgehead atoms. The molecule has 1 aromatic rings. The summed E-state index contributed by atoms with van der Waals surface area (Å²) in [5, 5.41) is 21.6. The monoisotopic (exact) mass is 493 g/mol. The molecular weight excluding hydrogens is 457 g/mol. The second-order valence-corrected chi connectivity index (χ2v) is 10.4. The zero-order chi connectivity index (χ0) is 25.8. The van der Waals surface area contributed by atoms with Gasteiger partial charge in [-0.2, -0.15) is 0 Å². The second-order valence-electron chi connectivity index (χ2n) is 10.4. The maximum absolute atomic E-state index is 13.5. The Labute approximate surface area is 205 Å². The number of nitrogens with one attached hydrogen (secondary N) is 2. The van der Waals surface area contributed by atoms with Crippen molar-refractivity contribution in [2.45, 2.75) is 70.2 Å². The van der Waals surface area contributed by atoms with E-state index in [0.717, 1.165) is 37.5 Å². The molecule has 2 saturated carbocycles. The molecule has 3 aliphatic rings. The summed E-state index contributed by atoms with van der Waals surface area (Å²) in [5.74, 6) is -0.633. The van der Waals surface area contributed by atoms with Crippen molar-refractivity contribution >= 4 is 18.0 Å². The molecule has 0 spiro atoms. The first-order valence-electron chi connectivity index (χ1n) is 12.0. The van der Waals surface area contributed by atoms with E-state index in [9.17, 15) is 18.8 Å². The van der Waals surface area contributed by atoms with E-state index in [1.807, 2.05) is 6.92 Å². The molecule has 4 atom stereocenters. The van der Waals surface area contributed by atoms with Gasteiger partial charge in [-0.1, -0.05) is 13.0 Å². The summed E-state index contributed by atoms with van der Waals surface area (Å²) in [4.78, 5) is 37.6. The molecule has 1 aliphatic heterocycles. The quantitative estimate of drug-likeness (QED) is 0.479. The Morgan fingerprint density at radius 2 is 1.86 bits per heavy atom. The van der Waals surface area contributed by atoms with Crippen molar-refractivity contribution in [2.75, 3.05) is 20.2 Å². The van der Waals surface area contributed by atoms with Gasteiger partial charge in [0.1, 0.15) is 18.0 Å². The third-order valence-electron chi connectivity index (χ3n) is 7.17. The third kappa shape index (κ3) is 6.70. The van der Waals surface area contributed by atoms with E-state index in [4.69, 9.17) is 14.9 Å². The topological polar surface area (TPSA) is 128 Å². The predicted octanol–water partition coefficient (Wildman–Crippen LogP) is 2.40. The van der Waals surface area contributed by atoms with Crippen LogP contribution in [-0.2, 0) is 27.4 Å². The first-order valence-corrected chi connectivity index (χ1v) is 12.0. The normalized spacial score (nSPS) is 28.9. The molecule has 1 aromatic carbocycles. The lowest BCUT2D eigenvalue weighted by Crippen LogP contribution is -2.61. The zero-order valence-corrected chi connectivity index (χ0v) is 20.6. The average Bonchev–Trinajstić information content (AvgIpc) is 3.19. The minimum atomic E-state index is -1.13. The Balaban J connectivity index is 0.00000167. The van der Waals surface area contributed by atoms with Crippen LogP contribution in [0.4, 0.5) is 9.18 Å². The lowest BCUT2D eigenvalue weighted by atomic mass is 9.59. The van der Waals surface area contributed by atoms with Gasteiger partial charge in [0.25, 0.3) is 0 Å². The van der Waals surface area contributed by atoms with E-state index in [-0.39, 0.29) is 23.8 Å². The number of aliphatic carboxylic acids is 1. The molecule has 35 heavy (non-hydrogen) atoms. The van der Waals surface area contributed by atoms with E-state index in [1.54, 1.807) is 11.0 Å². The highest BCUT2D eigenvalue weighted by Crippen LogP contribution is 2.50. The number of aliphatic hydroxyl groups excluding tert-OH is 1. The van der Waals surface area contributed by atoms with E-state index >= 15 is 0 Å². The van der Waals surface area contributed by atoms with Gasteiger partial charge in [0, 0.05) is 32.2 Å². The number of carbonyl (C=O) groups is 3. The fourth-order valence-electron chi connectivity index (χ4n) is 6.34. The molecule has 4 N–H and O–H groups in total. The van der Waals surface area contributed by atoms with Crippen molar-refractivity contribution in [1.29, 1.82) is 0 Å². The van der Waals surface area contributed by atoms with Crippen LogP contribution in [0.1, 0.15) is 57.1 Å². The Morgan fingerprint density at radius 1 is 1.14 bits per heavy atom. The second kappa shape index (κ2) is 10.9. The summed E-state index contributed by atoms with van der Waals surface area (Å²) in [7, 11) is 1.00. The molecule has 0 radical (unpaired) electrons. The lowest BCUT2D eigenvalue weighted by molar-refractivity contribution is -0.136. The van der Waals surface area contributed by atoms with E-state index in [1.165, 1.54) is 12.1 Å². The number of hydrogen-bond acceptors (Lipinski definition) is 6. The highest BCUT2D eigenvalue weighted by Gasteiger charge is 2.51. The number of fused-ring (bicyclic) bond motifs is 3. The largest absolute Gasteiger partial charge is 0.480 e. The van der Waals surface area contributed by atoms with Crippen LogP contribution in [0.15, 0.2) is 18.2 Å². The van der Waals surface area contributed by atoms with E-state index in [2.05, 4.69) is 17.6 Å². The number of carboxylic acids is 1. The molecule has 4 rings (SSSR count). The molecule has 1 heterocycles. The summed E-state index contributed by atoms with van der Waals surface area (Å²) in [6.45, 7) is 4.65. The van der Waals surface area contributed by atoms with Gasteiger partial charge < -0.3 is 30.5 Å². The number of ether oxygens (including phenoxy) is 1. The van der Waals surface area contributed by atoms with Gasteiger partial charge in [-0.05, 0) is 67.7 Å². The molecule has 2 amide bonds. The Hall–Kier alpha value is -2.72. The summed E-state index contributed by atoms with van der Waals surface area (Å²) in [6.07, 6.45) is 3.34. The lowest BCUT2D eigenvalue weighted by Gasteiger charge is -2.54. The average molecular weight is 494 g/mol. The van der Waals surface area contributed by atoms with E-state index in [0.29, 0.717) is 37.8 Å². The van der Waals surface area contributed by atoms with Crippen molar-refractivity contribution in [2.24, 2.45) is 11.8 Å². The summed E-state index contributed by atoms with van der Waals surface area (Å²) in [6, 6.07) is 4.64. The first-order chi connectivity index (χ1) is 16.5. The van der Waals surface area contributed by atoms with Gasteiger partial charge in [0.15, 0.2) is 0 Å². The molecule has 4 unspecified atom stereocenters. The molecule has 2 fully saturated rings. The third-order valence-corrected chi connectivity index (χ3v) is 7.17.